The summed E-state index contributed by atoms with van der Waals surface area (Å²) < 4.78 is 0. The average molecular weight is 343 g/mol. The molecule has 7 heteroatoms. The molecule has 1 aliphatic heterocycles. The summed E-state index contributed by atoms with van der Waals surface area (Å²) >= 11 is 1.36. The molecule has 0 aromatic carbocycles. The van der Waals surface area contributed by atoms with E-state index in [0.717, 1.165) is 31.7 Å². The minimum atomic E-state index is 0.0300. The van der Waals surface area contributed by atoms with Crippen LogP contribution in [0.4, 0.5) is 5.82 Å². The molecule has 3 rings (SSSR count). The number of amides is 1. The van der Waals surface area contributed by atoms with Crippen molar-refractivity contribution in [1.82, 2.24) is 20.3 Å². The number of hydrogen-bond donors (Lipinski definition) is 1. The molecule has 24 heavy (non-hydrogen) atoms. The number of pyridine rings is 1. The Morgan fingerprint density at radius 2 is 2.04 bits per heavy atom. The van der Waals surface area contributed by atoms with Gasteiger partial charge in [-0.05, 0) is 37.0 Å². The fraction of sp³-hybridized carbons (Fsp3) is 0.412. The lowest BCUT2D eigenvalue weighted by molar-refractivity contribution is -0.118. The summed E-state index contributed by atoms with van der Waals surface area (Å²) in [6, 6.07) is 7.74. The van der Waals surface area contributed by atoms with Crippen LogP contribution in [-0.4, -0.2) is 46.2 Å². The molecule has 1 saturated heterocycles. The van der Waals surface area contributed by atoms with Crippen LogP contribution >= 0.6 is 11.8 Å². The molecule has 0 saturated carbocycles. The molecule has 0 radical (unpaired) electrons. The summed E-state index contributed by atoms with van der Waals surface area (Å²) in [4.78, 5) is 26.9. The first-order chi connectivity index (χ1) is 11.8. The summed E-state index contributed by atoms with van der Waals surface area (Å²) in [6.07, 6.45) is 7.45. The van der Waals surface area contributed by atoms with Gasteiger partial charge in [-0.25, -0.2) is 15.0 Å². The van der Waals surface area contributed by atoms with Crippen molar-refractivity contribution >= 4 is 23.5 Å². The van der Waals surface area contributed by atoms with Crippen LogP contribution in [0, 0.1) is 5.92 Å². The van der Waals surface area contributed by atoms with Gasteiger partial charge in [-0.2, -0.15) is 0 Å². The molecule has 0 bridgehead atoms. The highest BCUT2D eigenvalue weighted by Gasteiger charge is 2.21. The fourth-order valence-electron chi connectivity index (χ4n) is 2.78. The first kappa shape index (κ1) is 16.7. The van der Waals surface area contributed by atoms with E-state index in [1.807, 2.05) is 24.4 Å². The number of piperidine rings is 1. The number of carbonyl (C=O) groups is 1. The molecule has 126 valence electrons. The second-order valence-corrected chi connectivity index (χ2v) is 6.71. The Hall–Kier alpha value is -2.15. The van der Waals surface area contributed by atoms with Gasteiger partial charge in [-0.15, -0.1) is 0 Å². The normalized spacial score (nSPS) is 17.5. The molecule has 3 heterocycles. The first-order valence-corrected chi connectivity index (χ1v) is 9.12. The van der Waals surface area contributed by atoms with E-state index in [1.165, 1.54) is 11.8 Å². The second kappa shape index (κ2) is 8.63. The molecule has 2 aromatic rings. The van der Waals surface area contributed by atoms with E-state index in [0.29, 0.717) is 23.4 Å². The van der Waals surface area contributed by atoms with Gasteiger partial charge in [-0.1, -0.05) is 17.8 Å². The van der Waals surface area contributed by atoms with Gasteiger partial charge in [0.1, 0.15) is 5.82 Å². The number of thioether (sulfide) groups is 1. The third kappa shape index (κ3) is 4.92. The van der Waals surface area contributed by atoms with Crippen molar-refractivity contribution < 1.29 is 4.79 Å². The third-order valence-corrected chi connectivity index (χ3v) is 4.83. The van der Waals surface area contributed by atoms with Crippen molar-refractivity contribution in [2.45, 2.75) is 18.0 Å². The van der Waals surface area contributed by atoms with Crippen LogP contribution in [0.1, 0.15) is 12.8 Å². The summed E-state index contributed by atoms with van der Waals surface area (Å²) in [7, 11) is 0. The van der Waals surface area contributed by atoms with Crippen molar-refractivity contribution in [2.24, 2.45) is 5.92 Å². The Morgan fingerprint density at radius 1 is 1.21 bits per heavy atom. The van der Waals surface area contributed by atoms with Crippen LogP contribution in [0.5, 0.6) is 0 Å². The van der Waals surface area contributed by atoms with E-state index in [1.54, 1.807) is 18.5 Å². The van der Waals surface area contributed by atoms with E-state index in [2.05, 4.69) is 25.2 Å². The van der Waals surface area contributed by atoms with Gasteiger partial charge in [0.15, 0.2) is 5.16 Å². The fourth-order valence-corrected chi connectivity index (χ4v) is 3.41. The van der Waals surface area contributed by atoms with Crippen LogP contribution in [0.15, 0.2) is 48.0 Å². The number of aromatic nitrogens is 3. The van der Waals surface area contributed by atoms with Gasteiger partial charge in [0.05, 0.1) is 5.75 Å². The zero-order chi connectivity index (χ0) is 16.6. The van der Waals surface area contributed by atoms with E-state index in [9.17, 15) is 4.79 Å². The topological polar surface area (TPSA) is 71.0 Å². The van der Waals surface area contributed by atoms with Gasteiger partial charge < -0.3 is 10.2 Å². The van der Waals surface area contributed by atoms with Crippen LogP contribution in [0.3, 0.4) is 0 Å². The van der Waals surface area contributed by atoms with Gasteiger partial charge in [0.2, 0.25) is 5.91 Å². The summed E-state index contributed by atoms with van der Waals surface area (Å²) in [5.41, 5.74) is 0. The number of nitrogens with zero attached hydrogens (tertiary/aromatic N) is 4. The zero-order valence-corrected chi connectivity index (χ0v) is 14.3. The van der Waals surface area contributed by atoms with Crippen LogP contribution in [0.2, 0.25) is 0 Å². The SMILES string of the molecule is O=C(CSc1ncccn1)NC[C@@H]1CCCN(c2ccccn2)C1. The van der Waals surface area contributed by atoms with Gasteiger partial charge in [0, 0.05) is 38.2 Å². The van der Waals surface area contributed by atoms with Gasteiger partial charge in [0.25, 0.3) is 0 Å². The Balaban J connectivity index is 1.42. The maximum Gasteiger partial charge on any atom is 0.230 e. The number of hydrogen-bond acceptors (Lipinski definition) is 6. The molecule has 0 aliphatic carbocycles. The van der Waals surface area contributed by atoms with Crippen molar-refractivity contribution in [3.8, 4) is 0 Å². The van der Waals surface area contributed by atoms with E-state index in [-0.39, 0.29) is 5.91 Å². The van der Waals surface area contributed by atoms with Crippen LogP contribution < -0.4 is 10.2 Å². The minimum absolute atomic E-state index is 0.0300. The third-order valence-electron chi connectivity index (χ3n) is 3.95. The summed E-state index contributed by atoms with van der Waals surface area (Å²) in [5, 5.41) is 3.66. The van der Waals surface area contributed by atoms with Crippen molar-refractivity contribution in [2.75, 3.05) is 30.3 Å². The maximum atomic E-state index is 12.0. The summed E-state index contributed by atoms with van der Waals surface area (Å²) in [6.45, 7) is 2.67. The molecule has 6 nitrogen and oxygen atoms in total. The van der Waals surface area contributed by atoms with Crippen molar-refractivity contribution in [3.63, 3.8) is 0 Å². The smallest absolute Gasteiger partial charge is 0.230 e. The zero-order valence-electron chi connectivity index (χ0n) is 13.5. The largest absolute Gasteiger partial charge is 0.356 e. The van der Waals surface area contributed by atoms with Gasteiger partial charge in [-0.3, -0.25) is 4.79 Å². The second-order valence-electron chi connectivity index (χ2n) is 5.77. The van der Waals surface area contributed by atoms with Gasteiger partial charge >= 0.3 is 0 Å². The molecular formula is C17H21N5OS. The Kier molecular flexibility index (Phi) is 6.01. The molecule has 1 N–H and O–H groups in total. The van der Waals surface area contributed by atoms with Crippen molar-refractivity contribution in [1.29, 1.82) is 0 Å². The molecule has 1 aliphatic rings. The number of nitrogens with one attached hydrogen (secondary N) is 1. The average Bonchev–Trinajstić information content (AvgIpc) is 2.66. The minimum Gasteiger partial charge on any atom is -0.356 e. The maximum absolute atomic E-state index is 12.0. The Morgan fingerprint density at radius 3 is 2.83 bits per heavy atom. The Bertz CT molecular complexity index is 640. The molecular weight excluding hydrogens is 322 g/mol. The number of carbonyl (C=O) groups excluding carboxylic acids is 1. The quantitative estimate of drug-likeness (QED) is 0.639. The molecule has 1 amide bonds. The Labute approximate surface area is 146 Å². The molecule has 1 fully saturated rings. The molecule has 0 spiro atoms. The molecule has 0 unspecified atom stereocenters. The first-order valence-electron chi connectivity index (χ1n) is 8.14. The lowest BCUT2D eigenvalue weighted by Crippen LogP contribution is -2.41. The lowest BCUT2D eigenvalue weighted by atomic mass is 9.98. The van der Waals surface area contributed by atoms with Crippen molar-refractivity contribution in [3.05, 3.63) is 42.9 Å². The predicted molar refractivity (Wildman–Crippen MR) is 94.9 cm³/mol. The van der Waals surface area contributed by atoms with Crippen LogP contribution in [0.25, 0.3) is 0 Å². The van der Waals surface area contributed by atoms with E-state index < -0.39 is 0 Å². The summed E-state index contributed by atoms with van der Waals surface area (Å²) in [5.74, 6) is 1.86. The standard InChI is InChI=1S/C17H21N5OS/c23-16(13-24-17-19-8-4-9-20-17)21-11-14-5-3-10-22(12-14)15-6-1-2-7-18-15/h1-2,4,6-9,14H,3,5,10-13H2,(H,21,23)/t14-/m0/s1. The molecule has 2 aromatic heterocycles. The monoisotopic (exact) mass is 343 g/mol. The van der Waals surface area contributed by atoms with E-state index in [4.69, 9.17) is 0 Å². The van der Waals surface area contributed by atoms with Crippen LogP contribution in [-0.2, 0) is 4.79 Å². The molecule has 1 atom stereocenters. The van der Waals surface area contributed by atoms with E-state index >= 15 is 0 Å². The predicted octanol–water partition coefficient (Wildman–Crippen LogP) is 2.00. The highest BCUT2D eigenvalue weighted by atomic mass is 32.2. The number of rotatable bonds is 6. The number of anilines is 1. The lowest BCUT2D eigenvalue weighted by Gasteiger charge is -2.33. The highest BCUT2D eigenvalue weighted by molar-refractivity contribution is 7.99. The highest BCUT2D eigenvalue weighted by Crippen LogP contribution is 2.20.